The average Bonchev–Trinajstić information content (AvgIpc) is 2.46. The molecule has 0 saturated carbocycles. The number of β-amino-alcohol motifs (C(OH)–C–C–N with tert-alkyl or cyclic N) is 1. The first-order valence-electron chi connectivity index (χ1n) is 5.52. The van der Waals surface area contributed by atoms with E-state index in [0.29, 0.717) is 19.6 Å². The topological polar surface area (TPSA) is 52.9 Å². The number of hydrogen-bond acceptors (Lipinski definition) is 4. The second kappa shape index (κ2) is 2.94. The van der Waals surface area contributed by atoms with Crippen molar-refractivity contribution in [3.8, 4) is 0 Å². The van der Waals surface area contributed by atoms with Gasteiger partial charge in [0.2, 0.25) is 0 Å². The van der Waals surface area contributed by atoms with Crippen molar-refractivity contribution in [2.75, 3.05) is 13.2 Å². The summed E-state index contributed by atoms with van der Waals surface area (Å²) in [5.41, 5.74) is -0.716. The van der Waals surface area contributed by atoms with Gasteiger partial charge in [-0.25, -0.2) is 0 Å². The lowest BCUT2D eigenvalue weighted by molar-refractivity contribution is -0.209. The van der Waals surface area contributed by atoms with Crippen molar-refractivity contribution in [3.05, 3.63) is 0 Å². The third-order valence-corrected chi connectivity index (χ3v) is 3.97. The molecule has 0 unspecified atom stereocenters. The van der Waals surface area contributed by atoms with Gasteiger partial charge in [0.15, 0.2) is 5.79 Å². The summed E-state index contributed by atoms with van der Waals surface area (Å²) in [6, 6.07) is 0. The fourth-order valence-electron chi connectivity index (χ4n) is 2.61. The van der Waals surface area contributed by atoms with Crippen molar-refractivity contribution in [2.45, 2.75) is 51.7 Å². The number of hydrogen-bond donors (Lipinski definition) is 2. The van der Waals surface area contributed by atoms with Crippen LogP contribution in [0, 0.1) is 5.41 Å². The van der Waals surface area contributed by atoms with E-state index < -0.39 is 17.4 Å². The largest absolute Gasteiger partial charge is 0.378 e. The number of ether oxygens (including phenoxy) is 1. The van der Waals surface area contributed by atoms with Gasteiger partial charge in [0.1, 0.15) is 6.23 Å². The van der Waals surface area contributed by atoms with Gasteiger partial charge in [0.25, 0.3) is 0 Å². The van der Waals surface area contributed by atoms with Crippen LogP contribution in [-0.2, 0) is 4.74 Å². The summed E-state index contributed by atoms with van der Waals surface area (Å²) in [4.78, 5) is 1.91. The number of aliphatic hydroxyl groups is 2. The van der Waals surface area contributed by atoms with Gasteiger partial charge in [-0.1, -0.05) is 6.92 Å². The molecule has 0 aliphatic carbocycles. The normalized spacial score (nSPS) is 47.2. The molecule has 3 atom stereocenters. The molecule has 0 radical (unpaired) electrons. The van der Waals surface area contributed by atoms with E-state index in [4.69, 9.17) is 4.74 Å². The SMILES string of the molecule is CC(C)(C)N1C[C@@]2(O)OCC[C@]2(C)[C@H]1O. The van der Waals surface area contributed by atoms with E-state index in [-0.39, 0.29) is 5.54 Å². The van der Waals surface area contributed by atoms with Gasteiger partial charge >= 0.3 is 0 Å². The minimum absolute atomic E-state index is 0.161. The number of rotatable bonds is 0. The van der Waals surface area contributed by atoms with Crippen LogP contribution in [0.5, 0.6) is 0 Å². The molecule has 0 amide bonds. The van der Waals surface area contributed by atoms with Gasteiger partial charge < -0.3 is 14.9 Å². The molecule has 0 bridgehead atoms. The number of nitrogens with zero attached hydrogens (tertiary/aromatic N) is 1. The Kier molecular flexibility index (Phi) is 2.22. The summed E-state index contributed by atoms with van der Waals surface area (Å²) in [6.07, 6.45) is 0.0713. The van der Waals surface area contributed by atoms with Crippen molar-refractivity contribution >= 4 is 0 Å². The lowest BCUT2D eigenvalue weighted by atomic mass is 9.81. The van der Waals surface area contributed by atoms with Crippen LogP contribution >= 0.6 is 0 Å². The van der Waals surface area contributed by atoms with E-state index in [0.717, 1.165) is 0 Å². The second-order valence-corrected chi connectivity index (χ2v) is 5.97. The van der Waals surface area contributed by atoms with Crippen molar-refractivity contribution in [1.82, 2.24) is 4.90 Å². The van der Waals surface area contributed by atoms with Crippen molar-refractivity contribution in [2.24, 2.45) is 5.41 Å². The predicted octanol–water partition coefficient (Wildman–Crippen LogP) is 0.534. The molecule has 4 nitrogen and oxygen atoms in total. The Morgan fingerprint density at radius 3 is 2.47 bits per heavy atom. The molecule has 2 aliphatic rings. The van der Waals surface area contributed by atoms with E-state index in [1.807, 2.05) is 32.6 Å². The molecule has 88 valence electrons. The monoisotopic (exact) mass is 215 g/mol. The summed E-state index contributed by atoms with van der Waals surface area (Å²) < 4.78 is 5.42. The molecule has 2 N–H and O–H groups in total. The Bertz CT molecular complexity index is 275. The minimum Gasteiger partial charge on any atom is -0.378 e. The van der Waals surface area contributed by atoms with E-state index in [1.165, 1.54) is 0 Å². The maximum atomic E-state index is 10.4. The van der Waals surface area contributed by atoms with Crippen LogP contribution in [0.2, 0.25) is 0 Å². The molecule has 0 spiro atoms. The highest BCUT2D eigenvalue weighted by atomic mass is 16.6. The van der Waals surface area contributed by atoms with Crippen LogP contribution in [0.25, 0.3) is 0 Å². The third-order valence-electron chi connectivity index (χ3n) is 3.97. The van der Waals surface area contributed by atoms with Gasteiger partial charge in [0, 0.05) is 5.54 Å². The highest BCUT2D eigenvalue weighted by Gasteiger charge is 2.65. The zero-order valence-corrected chi connectivity index (χ0v) is 9.95. The highest BCUT2D eigenvalue weighted by molar-refractivity contribution is 5.08. The molecule has 2 heterocycles. The Morgan fingerprint density at radius 1 is 1.40 bits per heavy atom. The minimum atomic E-state index is -1.18. The van der Waals surface area contributed by atoms with Crippen LogP contribution in [0.15, 0.2) is 0 Å². The Hall–Kier alpha value is -0.160. The molecular formula is C11H21NO3. The first-order valence-corrected chi connectivity index (χ1v) is 5.52. The average molecular weight is 215 g/mol. The van der Waals surface area contributed by atoms with Gasteiger partial charge in [-0.15, -0.1) is 0 Å². The van der Waals surface area contributed by atoms with Crippen molar-refractivity contribution in [3.63, 3.8) is 0 Å². The maximum absolute atomic E-state index is 10.4. The molecule has 4 heteroatoms. The molecule has 0 aromatic rings. The standard InChI is InChI=1S/C11H21NO3/c1-9(2,3)12-7-11(14)10(4,8(12)13)5-6-15-11/h8,13-14H,5-7H2,1-4H3/t8-,10-,11-/m1/s1. The molecule has 0 aromatic carbocycles. The Labute approximate surface area is 90.8 Å². The Morgan fingerprint density at radius 2 is 2.00 bits per heavy atom. The third kappa shape index (κ3) is 1.35. The van der Waals surface area contributed by atoms with E-state index in [9.17, 15) is 10.2 Å². The molecule has 0 aromatic heterocycles. The maximum Gasteiger partial charge on any atom is 0.187 e. The lowest BCUT2D eigenvalue weighted by Gasteiger charge is -2.37. The molecule has 2 aliphatic heterocycles. The summed E-state index contributed by atoms with van der Waals surface area (Å²) >= 11 is 0. The molecular weight excluding hydrogens is 194 g/mol. The number of fused-ring (bicyclic) bond motifs is 1. The number of likely N-dealkylation sites (tertiary alicyclic amines) is 1. The summed E-state index contributed by atoms with van der Waals surface area (Å²) in [5.74, 6) is -1.18. The smallest absolute Gasteiger partial charge is 0.187 e. The first kappa shape index (κ1) is 11.3. The fraction of sp³-hybridized carbons (Fsp3) is 1.00. The van der Waals surface area contributed by atoms with Crippen molar-refractivity contribution < 1.29 is 14.9 Å². The molecule has 2 rings (SSSR count). The van der Waals surface area contributed by atoms with Crippen LogP contribution in [0.3, 0.4) is 0 Å². The van der Waals surface area contributed by atoms with E-state index in [1.54, 1.807) is 0 Å². The first-order chi connectivity index (χ1) is 6.71. The molecule has 2 fully saturated rings. The quantitative estimate of drug-likeness (QED) is 0.619. The summed E-state index contributed by atoms with van der Waals surface area (Å²) in [5, 5.41) is 20.7. The van der Waals surface area contributed by atoms with Crippen molar-refractivity contribution in [1.29, 1.82) is 0 Å². The highest BCUT2D eigenvalue weighted by Crippen LogP contribution is 2.52. The van der Waals surface area contributed by atoms with Gasteiger partial charge in [0.05, 0.1) is 18.6 Å². The zero-order chi connectivity index (χ0) is 11.5. The molecule has 15 heavy (non-hydrogen) atoms. The summed E-state index contributed by atoms with van der Waals surface area (Å²) in [6.45, 7) is 8.91. The second-order valence-electron chi connectivity index (χ2n) is 5.97. The Balaban J connectivity index is 2.32. The zero-order valence-electron chi connectivity index (χ0n) is 9.95. The van der Waals surface area contributed by atoms with Gasteiger partial charge in [-0.3, -0.25) is 4.90 Å². The van der Waals surface area contributed by atoms with Crippen LogP contribution < -0.4 is 0 Å². The number of aliphatic hydroxyl groups excluding tert-OH is 1. The summed E-state index contributed by atoms with van der Waals surface area (Å²) in [7, 11) is 0. The van der Waals surface area contributed by atoms with Gasteiger partial charge in [-0.05, 0) is 27.2 Å². The fourth-order valence-corrected chi connectivity index (χ4v) is 2.61. The van der Waals surface area contributed by atoms with Crippen LogP contribution in [0.1, 0.15) is 34.1 Å². The lowest BCUT2D eigenvalue weighted by Crippen LogP contribution is -2.48. The van der Waals surface area contributed by atoms with E-state index >= 15 is 0 Å². The molecule has 2 saturated heterocycles. The van der Waals surface area contributed by atoms with E-state index in [2.05, 4.69) is 0 Å². The predicted molar refractivity (Wildman–Crippen MR) is 56.1 cm³/mol. The van der Waals surface area contributed by atoms with Gasteiger partial charge in [-0.2, -0.15) is 0 Å². The van der Waals surface area contributed by atoms with Crippen LogP contribution in [0.4, 0.5) is 0 Å². The van der Waals surface area contributed by atoms with Crippen LogP contribution in [-0.4, -0.2) is 45.8 Å².